The fraction of sp³-hybridized carbons (Fsp3) is 0.158. The highest BCUT2D eigenvalue weighted by atomic mass is 16.5. The molecule has 1 aromatic carbocycles. The van der Waals surface area contributed by atoms with Crippen LogP contribution in [0.5, 0.6) is 5.75 Å². The lowest BCUT2D eigenvalue weighted by Crippen LogP contribution is -2.32. The number of hydrogen-bond donors (Lipinski definition) is 3. The van der Waals surface area contributed by atoms with Crippen LogP contribution in [-0.4, -0.2) is 40.8 Å². The highest BCUT2D eigenvalue weighted by Gasteiger charge is 2.02. The van der Waals surface area contributed by atoms with E-state index in [4.69, 9.17) is 4.74 Å². The lowest BCUT2D eigenvalue weighted by atomic mass is 10.3. The van der Waals surface area contributed by atoms with E-state index in [1.54, 1.807) is 24.5 Å². The predicted molar refractivity (Wildman–Crippen MR) is 103 cm³/mol. The summed E-state index contributed by atoms with van der Waals surface area (Å²) in [6, 6.07) is 16.5. The van der Waals surface area contributed by atoms with Crippen LogP contribution in [0.25, 0.3) is 0 Å². The molecule has 0 fully saturated rings. The summed E-state index contributed by atoms with van der Waals surface area (Å²) < 4.78 is 5.38. The number of aromatic nitrogens is 3. The molecule has 2 heterocycles. The first-order valence-electron chi connectivity index (χ1n) is 8.49. The average Bonchev–Trinajstić information content (AvgIpc) is 2.72. The Morgan fingerprint density at radius 1 is 0.889 bits per heavy atom. The molecule has 8 nitrogen and oxygen atoms in total. The molecule has 138 valence electrons. The molecule has 0 saturated heterocycles. The van der Waals surface area contributed by atoms with E-state index in [1.807, 2.05) is 42.5 Å². The minimum atomic E-state index is -0.177. The molecular formula is C19H20N6O2. The number of nitrogens with one attached hydrogen (secondary N) is 3. The zero-order chi connectivity index (χ0) is 18.7. The highest BCUT2D eigenvalue weighted by molar-refractivity contribution is 5.77. The standard InChI is InChI=1S/C19H20N6O2/c26-19(14-27-16-4-2-1-3-5-16)22-13-12-21-17-6-7-18(25-24-17)23-15-8-10-20-11-9-15/h1-11H,12-14H2,(H,21,24)(H,22,26)(H,20,23,25). The molecule has 0 radical (unpaired) electrons. The van der Waals surface area contributed by atoms with Crippen molar-refractivity contribution < 1.29 is 9.53 Å². The molecule has 3 rings (SSSR count). The average molecular weight is 364 g/mol. The van der Waals surface area contributed by atoms with Crippen molar-refractivity contribution in [2.24, 2.45) is 0 Å². The van der Waals surface area contributed by atoms with Crippen LogP contribution in [0, 0.1) is 0 Å². The molecule has 0 saturated carbocycles. The van der Waals surface area contributed by atoms with Gasteiger partial charge < -0.3 is 20.7 Å². The van der Waals surface area contributed by atoms with Crippen LogP contribution >= 0.6 is 0 Å². The quantitative estimate of drug-likeness (QED) is 0.501. The van der Waals surface area contributed by atoms with Crippen LogP contribution in [0.3, 0.4) is 0 Å². The summed E-state index contributed by atoms with van der Waals surface area (Å²) in [5.74, 6) is 1.76. The first-order chi connectivity index (χ1) is 13.3. The Morgan fingerprint density at radius 2 is 1.63 bits per heavy atom. The van der Waals surface area contributed by atoms with Crippen molar-refractivity contribution in [1.82, 2.24) is 20.5 Å². The van der Waals surface area contributed by atoms with Gasteiger partial charge in [0, 0.05) is 31.2 Å². The minimum Gasteiger partial charge on any atom is -0.484 e. The largest absolute Gasteiger partial charge is 0.484 e. The van der Waals surface area contributed by atoms with Gasteiger partial charge in [0.1, 0.15) is 11.6 Å². The zero-order valence-electron chi connectivity index (χ0n) is 14.6. The van der Waals surface area contributed by atoms with Crippen LogP contribution in [0.15, 0.2) is 67.0 Å². The van der Waals surface area contributed by atoms with Gasteiger partial charge in [-0.3, -0.25) is 9.78 Å². The number of hydrogen-bond acceptors (Lipinski definition) is 7. The Balaban J connectivity index is 1.33. The van der Waals surface area contributed by atoms with Crippen LogP contribution < -0.4 is 20.7 Å². The van der Waals surface area contributed by atoms with Gasteiger partial charge in [0.2, 0.25) is 0 Å². The first-order valence-corrected chi connectivity index (χ1v) is 8.49. The monoisotopic (exact) mass is 364 g/mol. The summed E-state index contributed by atoms with van der Waals surface area (Å²) in [6.07, 6.45) is 3.40. The van der Waals surface area contributed by atoms with Gasteiger partial charge in [0.15, 0.2) is 12.4 Å². The van der Waals surface area contributed by atoms with E-state index in [0.717, 1.165) is 5.69 Å². The lowest BCUT2D eigenvalue weighted by molar-refractivity contribution is -0.123. The molecule has 2 aromatic heterocycles. The molecule has 27 heavy (non-hydrogen) atoms. The minimum absolute atomic E-state index is 0.0147. The number of para-hydroxylation sites is 1. The van der Waals surface area contributed by atoms with Crippen LogP contribution in [0.2, 0.25) is 0 Å². The molecule has 0 aliphatic rings. The third-order valence-electron chi connectivity index (χ3n) is 3.48. The molecule has 0 atom stereocenters. The van der Waals surface area contributed by atoms with Gasteiger partial charge in [-0.25, -0.2) is 0 Å². The SMILES string of the molecule is O=C(COc1ccccc1)NCCNc1ccc(Nc2ccncc2)nn1. The van der Waals surface area contributed by atoms with Crippen molar-refractivity contribution in [1.29, 1.82) is 0 Å². The van der Waals surface area contributed by atoms with Gasteiger partial charge in [-0.2, -0.15) is 0 Å². The second-order valence-electron chi connectivity index (χ2n) is 5.54. The summed E-state index contributed by atoms with van der Waals surface area (Å²) in [6.45, 7) is 0.970. The van der Waals surface area contributed by atoms with E-state index in [-0.39, 0.29) is 12.5 Å². The topological polar surface area (TPSA) is 101 Å². The molecule has 0 aliphatic carbocycles. The Bertz CT molecular complexity index is 828. The third kappa shape index (κ3) is 6.28. The molecule has 8 heteroatoms. The Labute approximate surface area is 157 Å². The van der Waals surface area contributed by atoms with Crippen LogP contribution in [0.1, 0.15) is 0 Å². The molecule has 1 amide bonds. The summed E-state index contributed by atoms with van der Waals surface area (Å²) in [5, 5.41) is 17.2. The molecule has 0 bridgehead atoms. The lowest BCUT2D eigenvalue weighted by Gasteiger charge is -2.09. The fourth-order valence-electron chi connectivity index (χ4n) is 2.19. The zero-order valence-corrected chi connectivity index (χ0v) is 14.6. The molecule has 0 spiro atoms. The molecular weight excluding hydrogens is 344 g/mol. The van der Waals surface area contributed by atoms with Crippen molar-refractivity contribution >= 4 is 23.2 Å². The van der Waals surface area contributed by atoms with Crippen molar-refractivity contribution in [2.75, 3.05) is 30.3 Å². The van der Waals surface area contributed by atoms with E-state index >= 15 is 0 Å². The molecule has 3 aromatic rings. The second-order valence-corrected chi connectivity index (χ2v) is 5.54. The predicted octanol–water partition coefficient (Wildman–Crippen LogP) is 2.22. The van der Waals surface area contributed by atoms with E-state index in [2.05, 4.69) is 31.1 Å². The van der Waals surface area contributed by atoms with E-state index in [1.165, 1.54) is 0 Å². The number of pyridine rings is 1. The van der Waals surface area contributed by atoms with E-state index in [0.29, 0.717) is 30.5 Å². The number of amides is 1. The number of anilines is 3. The van der Waals surface area contributed by atoms with Gasteiger partial charge in [-0.15, -0.1) is 10.2 Å². The van der Waals surface area contributed by atoms with Crippen molar-refractivity contribution in [3.63, 3.8) is 0 Å². The Morgan fingerprint density at radius 3 is 2.37 bits per heavy atom. The van der Waals surface area contributed by atoms with Gasteiger partial charge in [-0.05, 0) is 36.4 Å². The number of benzene rings is 1. The maximum absolute atomic E-state index is 11.7. The van der Waals surface area contributed by atoms with Gasteiger partial charge in [-0.1, -0.05) is 18.2 Å². The number of nitrogens with zero attached hydrogens (tertiary/aromatic N) is 3. The van der Waals surface area contributed by atoms with Gasteiger partial charge >= 0.3 is 0 Å². The number of ether oxygens (including phenoxy) is 1. The highest BCUT2D eigenvalue weighted by Crippen LogP contribution is 2.13. The summed E-state index contributed by atoms with van der Waals surface area (Å²) in [5.41, 5.74) is 0.889. The number of rotatable bonds is 9. The molecule has 0 unspecified atom stereocenters. The van der Waals surface area contributed by atoms with Crippen molar-refractivity contribution in [2.45, 2.75) is 0 Å². The second kappa shape index (κ2) is 9.71. The Kier molecular flexibility index (Phi) is 6.52. The maximum atomic E-state index is 11.7. The van der Waals surface area contributed by atoms with Crippen LogP contribution in [0.4, 0.5) is 17.3 Å². The number of carbonyl (C=O) groups excluding carboxylic acids is 1. The summed E-state index contributed by atoms with van der Waals surface area (Å²) in [4.78, 5) is 15.7. The third-order valence-corrected chi connectivity index (χ3v) is 3.48. The smallest absolute Gasteiger partial charge is 0.258 e. The van der Waals surface area contributed by atoms with Crippen molar-refractivity contribution in [3.05, 3.63) is 67.0 Å². The molecule has 0 aliphatic heterocycles. The summed E-state index contributed by atoms with van der Waals surface area (Å²) >= 11 is 0. The van der Waals surface area contributed by atoms with E-state index < -0.39 is 0 Å². The first kappa shape index (κ1) is 18.1. The maximum Gasteiger partial charge on any atom is 0.258 e. The fourth-order valence-corrected chi connectivity index (χ4v) is 2.19. The normalized spacial score (nSPS) is 10.1. The Hall–Kier alpha value is -3.68. The van der Waals surface area contributed by atoms with E-state index in [9.17, 15) is 4.79 Å². The summed E-state index contributed by atoms with van der Waals surface area (Å²) in [7, 11) is 0. The van der Waals surface area contributed by atoms with Crippen LogP contribution in [-0.2, 0) is 4.79 Å². The number of carbonyl (C=O) groups is 1. The molecule has 3 N–H and O–H groups in total. The van der Waals surface area contributed by atoms with Gasteiger partial charge in [0.25, 0.3) is 5.91 Å². The van der Waals surface area contributed by atoms with Crippen molar-refractivity contribution in [3.8, 4) is 5.75 Å². The van der Waals surface area contributed by atoms with Gasteiger partial charge in [0.05, 0.1) is 0 Å².